The van der Waals surface area contributed by atoms with Gasteiger partial charge in [0.25, 0.3) is 0 Å². The van der Waals surface area contributed by atoms with Crippen LogP contribution in [0, 0.1) is 46.3 Å². The number of carboxylic acids is 1. The Bertz CT molecular complexity index is 674. The molecule has 4 saturated carbocycles. The van der Waals surface area contributed by atoms with Crippen LogP contribution in [0.5, 0.6) is 0 Å². The largest absolute Gasteiger partial charge is 0.550 e. The Morgan fingerprint density at radius 2 is 1.70 bits per heavy atom. The molecular weight excluding hydrogens is 376 g/mol. The monoisotopic (exact) mass is 417 g/mol. The lowest BCUT2D eigenvalue weighted by atomic mass is 9.44. The summed E-state index contributed by atoms with van der Waals surface area (Å²) >= 11 is 0. The van der Waals surface area contributed by atoms with Gasteiger partial charge in [-0.3, -0.25) is 4.79 Å². The molecular formula is C26H41O4-. The van der Waals surface area contributed by atoms with Crippen LogP contribution in [0.4, 0.5) is 0 Å². The van der Waals surface area contributed by atoms with Crippen molar-refractivity contribution in [1.29, 1.82) is 0 Å². The summed E-state index contributed by atoms with van der Waals surface area (Å²) in [5.74, 6) is 3.24. The Kier molecular flexibility index (Phi) is 6.00. The SMILES string of the molecule is CC(=O)O[C@@H]1CC[C@@]2(C)[C@H](CC[C@H]3[C@@H]2CC[C@]2(C)[C@@H]([C@H](C)CCC(=O)[O-])CC[C@@H]32)C1. The molecule has 0 amide bonds. The zero-order chi connectivity index (χ0) is 21.7. The highest BCUT2D eigenvalue weighted by molar-refractivity contribution is 5.66. The number of carbonyl (C=O) groups is 2. The molecule has 0 aromatic rings. The molecule has 0 aromatic carbocycles. The molecule has 4 fully saturated rings. The highest BCUT2D eigenvalue weighted by Gasteiger charge is 2.60. The molecule has 4 aliphatic carbocycles. The van der Waals surface area contributed by atoms with Crippen molar-refractivity contribution in [3.63, 3.8) is 0 Å². The minimum absolute atomic E-state index is 0.129. The normalized spacial score (nSPS) is 46.3. The van der Waals surface area contributed by atoms with E-state index < -0.39 is 5.97 Å². The molecule has 0 bridgehead atoms. The van der Waals surface area contributed by atoms with Gasteiger partial charge in [-0.15, -0.1) is 0 Å². The Hall–Kier alpha value is -1.06. The van der Waals surface area contributed by atoms with Crippen LogP contribution >= 0.6 is 0 Å². The summed E-state index contributed by atoms with van der Waals surface area (Å²) in [6.07, 6.45) is 12.2. The summed E-state index contributed by atoms with van der Waals surface area (Å²) < 4.78 is 5.60. The first kappa shape index (κ1) is 22.1. The van der Waals surface area contributed by atoms with Crippen molar-refractivity contribution in [3.8, 4) is 0 Å². The van der Waals surface area contributed by atoms with Gasteiger partial charge < -0.3 is 14.6 Å². The van der Waals surface area contributed by atoms with Crippen molar-refractivity contribution in [2.75, 3.05) is 0 Å². The molecule has 30 heavy (non-hydrogen) atoms. The van der Waals surface area contributed by atoms with Crippen LogP contribution in [-0.4, -0.2) is 18.0 Å². The fourth-order valence-corrected chi connectivity index (χ4v) is 9.08. The van der Waals surface area contributed by atoms with E-state index in [2.05, 4.69) is 20.8 Å². The van der Waals surface area contributed by atoms with E-state index in [1.54, 1.807) is 0 Å². The topological polar surface area (TPSA) is 66.4 Å². The molecule has 0 aliphatic heterocycles. The Labute approximate surface area is 182 Å². The molecule has 4 heteroatoms. The van der Waals surface area contributed by atoms with Gasteiger partial charge in [-0.1, -0.05) is 20.8 Å². The average molecular weight is 418 g/mol. The Morgan fingerprint density at radius 1 is 1.00 bits per heavy atom. The number of hydrogen-bond acceptors (Lipinski definition) is 4. The number of rotatable bonds is 5. The van der Waals surface area contributed by atoms with Crippen molar-refractivity contribution < 1.29 is 19.4 Å². The maximum Gasteiger partial charge on any atom is 0.302 e. The quantitative estimate of drug-likeness (QED) is 0.606. The second-order valence-electron chi connectivity index (χ2n) is 11.8. The first-order valence-corrected chi connectivity index (χ1v) is 12.5. The van der Waals surface area contributed by atoms with Gasteiger partial charge in [-0.2, -0.15) is 0 Å². The summed E-state index contributed by atoms with van der Waals surface area (Å²) in [5, 5.41) is 11.0. The van der Waals surface area contributed by atoms with Crippen molar-refractivity contribution in [3.05, 3.63) is 0 Å². The van der Waals surface area contributed by atoms with Crippen molar-refractivity contribution in [2.45, 2.75) is 104 Å². The van der Waals surface area contributed by atoms with Crippen LogP contribution in [0.25, 0.3) is 0 Å². The zero-order valence-electron chi connectivity index (χ0n) is 19.5. The van der Waals surface area contributed by atoms with Gasteiger partial charge in [-0.05, 0) is 117 Å². The molecule has 0 unspecified atom stereocenters. The number of fused-ring (bicyclic) bond motifs is 5. The van der Waals surface area contributed by atoms with E-state index in [0.717, 1.165) is 37.0 Å². The van der Waals surface area contributed by atoms with Gasteiger partial charge in [0.2, 0.25) is 0 Å². The molecule has 9 atom stereocenters. The molecule has 0 spiro atoms. The molecule has 0 heterocycles. The Balaban J connectivity index is 1.47. The first-order chi connectivity index (χ1) is 14.1. The fraction of sp³-hybridized carbons (Fsp3) is 0.923. The third-order valence-electron chi connectivity index (χ3n) is 10.5. The summed E-state index contributed by atoms with van der Waals surface area (Å²) in [4.78, 5) is 22.4. The number of carbonyl (C=O) groups excluding carboxylic acids is 2. The lowest BCUT2D eigenvalue weighted by Crippen LogP contribution is -2.54. The zero-order valence-corrected chi connectivity index (χ0v) is 19.5. The lowest BCUT2D eigenvalue weighted by Gasteiger charge is -2.61. The van der Waals surface area contributed by atoms with E-state index in [4.69, 9.17) is 4.74 Å². The molecule has 0 radical (unpaired) electrons. The number of esters is 1. The van der Waals surface area contributed by atoms with Gasteiger partial charge in [0.05, 0.1) is 0 Å². The number of carboxylic acid groups (broad SMARTS) is 1. The van der Waals surface area contributed by atoms with Crippen LogP contribution in [-0.2, 0) is 14.3 Å². The van der Waals surface area contributed by atoms with E-state index in [-0.39, 0.29) is 18.5 Å². The maximum absolute atomic E-state index is 11.5. The van der Waals surface area contributed by atoms with Gasteiger partial charge in [-0.25, -0.2) is 0 Å². The standard InChI is InChI=1S/C26H42O4/c1-16(5-10-24(28)29)21-8-9-22-20-7-6-18-15-19(30-17(2)27)11-13-25(18,3)23(20)12-14-26(21,22)4/h16,18-23H,5-15H2,1-4H3,(H,28,29)/p-1/t16-,18-,19-,20-,21-,22+,23+,25+,26-/m1/s1. The maximum atomic E-state index is 11.5. The van der Waals surface area contributed by atoms with E-state index in [0.29, 0.717) is 28.6 Å². The van der Waals surface area contributed by atoms with Crippen LogP contribution in [0.3, 0.4) is 0 Å². The summed E-state index contributed by atoms with van der Waals surface area (Å²) in [6.45, 7) is 8.90. The van der Waals surface area contributed by atoms with Gasteiger partial charge in [0, 0.05) is 12.9 Å². The average Bonchev–Trinajstić information content (AvgIpc) is 3.03. The minimum atomic E-state index is -0.902. The molecule has 170 valence electrons. The summed E-state index contributed by atoms with van der Waals surface area (Å²) in [6, 6.07) is 0. The number of ether oxygens (including phenoxy) is 1. The molecule has 4 aliphatic rings. The lowest BCUT2D eigenvalue weighted by molar-refractivity contribution is -0.306. The fourth-order valence-electron chi connectivity index (χ4n) is 9.08. The van der Waals surface area contributed by atoms with Gasteiger partial charge >= 0.3 is 5.97 Å². The summed E-state index contributed by atoms with van der Waals surface area (Å²) in [7, 11) is 0. The second kappa shape index (κ2) is 8.13. The molecule has 4 rings (SSSR count). The predicted molar refractivity (Wildman–Crippen MR) is 114 cm³/mol. The molecule has 0 N–H and O–H groups in total. The van der Waals surface area contributed by atoms with Crippen LogP contribution in [0.15, 0.2) is 0 Å². The van der Waals surface area contributed by atoms with Gasteiger partial charge in [0.1, 0.15) is 6.10 Å². The van der Waals surface area contributed by atoms with Crippen LogP contribution in [0.1, 0.15) is 98.3 Å². The first-order valence-electron chi connectivity index (χ1n) is 12.5. The van der Waals surface area contributed by atoms with Crippen LogP contribution in [0.2, 0.25) is 0 Å². The summed E-state index contributed by atoms with van der Waals surface area (Å²) in [5.41, 5.74) is 0.782. The third kappa shape index (κ3) is 3.71. The highest BCUT2D eigenvalue weighted by Crippen LogP contribution is 2.68. The number of aliphatic carboxylic acids is 1. The van der Waals surface area contributed by atoms with E-state index in [9.17, 15) is 14.7 Å². The molecule has 0 aromatic heterocycles. The highest BCUT2D eigenvalue weighted by atomic mass is 16.5. The molecule has 0 saturated heterocycles. The minimum Gasteiger partial charge on any atom is -0.550 e. The van der Waals surface area contributed by atoms with Gasteiger partial charge in [0.15, 0.2) is 0 Å². The predicted octanol–water partition coefficient (Wildman–Crippen LogP) is 4.74. The second-order valence-corrected chi connectivity index (χ2v) is 11.8. The van der Waals surface area contributed by atoms with E-state index in [1.165, 1.54) is 51.9 Å². The van der Waals surface area contributed by atoms with Crippen molar-refractivity contribution in [1.82, 2.24) is 0 Å². The van der Waals surface area contributed by atoms with E-state index >= 15 is 0 Å². The third-order valence-corrected chi connectivity index (χ3v) is 10.5. The number of hydrogen-bond donors (Lipinski definition) is 0. The molecule has 4 nitrogen and oxygen atoms in total. The smallest absolute Gasteiger partial charge is 0.302 e. The van der Waals surface area contributed by atoms with E-state index in [1.807, 2.05) is 0 Å². The van der Waals surface area contributed by atoms with Crippen LogP contribution < -0.4 is 5.11 Å². The Morgan fingerprint density at radius 3 is 2.40 bits per heavy atom. The van der Waals surface area contributed by atoms with Crippen molar-refractivity contribution in [2.24, 2.45) is 46.3 Å². The van der Waals surface area contributed by atoms with Crippen molar-refractivity contribution >= 4 is 11.9 Å².